The molecule has 0 unspecified atom stereocenters. The largest absolute Gasteiger partial charge is 0.443 e. The average Bonchev–Trinajstić information content (AvgIpc) is 2.28. The molecular formula is C14H19NO2S. The Morgan fingerprint density at radius 1 is 1.33 bits per heavy atom. The van der Waals surface area contributed by atoms with E-state index < -0.39 is 11.7 Å². The second-order valence-electron chi connectivity index (χ2n) is 5.08. The molecule has 0 saturated heterocycles. The minimum atomic E-state index is -0.524. The number of carbonyl (C=O) groups is 1. The van der Waals surface area contributed by atoms with Crippen molar-refractivity contribution in [1.82, 2.24) is 4.90 Å². The summed E-state index contributed by atoms with van der Waals surface area (Å²) in [6.07, 6.45) is -0.422. The number of amides is 1. The van der Waals surface area contributed by atoms with Crippen molar-refractivity contribution >= 4 is 23.8 Å². The molecule has 1 amide bonds. The molecule has 0 fully saturated rings. The maximum atomic E-state index is 12.0. The lowest BCUT2D eigenvalue weighted by molar-refractivity contribution is 0.0333. The van der Waals surface area contributed by atoms with E-state index in [0.717, 1.165) is 5.56 Å². The van der Waals surface area contributed by atoms with Crippen LogP contribution in [0.2, 0.25) is 0 Å². The highest BCUT2D eigenvalue weighted by molar-refractivity contribution is 7.78. The zero-order valence-corrected chi connectivity index (χ0v) is 12.0. The molecule has 0 saturated carbocycles. The third kappa shape index (κ3) is 4.11. The number of benzene rings is 1. The number of hydrogen-bond acceptors (Lipinski definition) is 3. The highest BCUT2D eigenvalue weighted by atomic mass is 32.1. The van der Waals surface area contributed by atoms with Gasteiger partial charge in [0.05, 0.1) is 11.5 Å². The first kappa shape index (κ1) is 14.6. The molecule has 4 heteroatoms. The first-order chi connectivity index (χ1) is 8.35. The van der Waals surface area contributed by atoms with Gasteiger partial charge in [0, 0.05) is 0 Å². The van der Waals surface area contributed by atoms with Gasteiger partial charge in [-0.25, -0.2) is 4.79 Å². The fourth-order valence-electron chi connectivity index (χ4n) is 1.50. The Hall–Kier alpha value is -1.42. The predicted molar refractivity (Wildman–Crippen MR) is 76.6 cm³/mol. The van der Waals surface area contributed by atoms with Gasteiger partial charge in [-0.05, 0) is 33.3 Å². The molecule has 18 heavy (non-hydrogen) atoms. The van der Waals surface area contributed by atoms with Crippen molar-refractivity contribution in [2.24, 2.45) is 0 Å². The molecule has 0 N–H and O–H groups in total. The van der Waals surface area contributed by atoms with Crippen molar-refractivity contribution in [2.75, 3.05) is 0 Å². The molecule has 98 valence electrons. The van der Waals surface area contributed by atoms with Crippen LogP contribution in [0.25, 0.3) is 0 Å². The molecule has 1 rings (SSSR count). The average molecular weight is 265 g/mol. The van der Waals surface area contributed by atoms with Crippen molar-refractivity contribution in [2.45, 2.75) is 39.3 Å². The van der Waals surface area contributed by atoms with Gasteiger partial charge in [-0.15, -0.1) is 0 Å². The van der Waals surface area contributed by atoms with Gasteiger partial charge in [-0.3, -0.25) is 4.90 Å². The van der Waals surface area contributed by atoms with Crippen LogP contribution in [-0.4, -0.2) is 22.1 Å². The van der Waals surface area contributed by atoms with E-state index in [2.05, 4.69) is 0 Å². The van der Waals surface area contributed by atoms with Crippen LogP contribution in [-0.2, 0) is 4.74 Å². The van der Waals surface area contributed by atoms with E-state index in [0.29, 0.717) is 0 Å². The van der Waals surface area contributed by atoms with E-state index in [-0.39, 0.29) is 6.04 Å². The van der Waals surface area contributed by atoms with E-state index in [1.54, 1.807) is 0 Å². The second-order valence-corrected chi connectivity index (χ2v) is 5.29. The van der Waals surface area contributed by atoms with Crippen molar-refractivity contribution < 1.29 is 9.53 Å². The topological polar surface area (TPSA) is 29.5 Å². The van der Waals surface area contributed by atoms with Gasteiger partial charge in [0.2, 0.25) is 0 Å². The van der Waals surface area contributed by atoms with Gasteiger partial charge in [0.15, 0.2) is 0 Å². The third-order valence-electron chi connectivity index (χ3n) is 2.42. The van der Waals surface area contributed by atoms with Crippen LogP contribution in [0.15, 0.2) is 30.3 Å². The summed E-state index contributed by atoms with van der Waals surface area (Å²) in [7, 11) is 0. The molecule has 0 bridgehead atoms. The Morgan fingerprint density at radius 2 is 1.89 bits per heavy atom. The molecule has 1 atom stereocenters. The Balaban J connectivity index is 2.84. The highest BCUT2D eigenvalue weighted by Crippen LogP contribution is 2.21. The summed E-state index contributed by atoms with van der Waals surface area (Å²) in [5.41, 5.74) is 1.83. The normalized spacial score (nSPS) is 12.7. The molecule has 1 aromatic carbocycles. The van der Waals surface area contributed by atoms with Gasteiger partial charge >= 0.3 is 6.09 Å². The summed E-state index contributed by atoms with van der Waals surface area (Å²) in [5.74, 6) is 0. The van der Waals surface area contributed by atoms with Crippen LogP contribution in [0.4, 0.5) is 4.79 Å². The maximum absolute atomic E-state index is 12.0. The molecule has 1 aromatic rings. The van der Waals surface area contributed by atoms with E-state index >= 15 is 0 Å². The number of hydrogen-bond donors (Lipinski definition) is 0. The first-order valence-corrected chi connectivity index (χ1v) is 6.34. The molecule has 0 spiro atoms. The van der Waals surface area contributed by atoms with Crippen LogP contribution in [0.1, 0.15) is 39.3 Å². The molecule has 0 aliphatic carbocycles. The van der Waals surface area contributed by atoms with Crippen LogP contribution >= 0.6 is 12.2 Å². The third-order valence-corrected chi connectivity index (χ3v) is 2.64. The van der Waals surface area contributed by atoms with E-state index in [1.165, 1.54) is 10.4 Å². The van der Waals surface area contributed by atoms with Crippen molar-refractivity contribution in [3.63, 3.8) is 0 Å². The quantitative estimate of drug-likeness (QED) is 0.775. The van der Waals surface area contributed by atoms with Crippen molar-refractivity contribution in [3.05, 3.63) is 35.9 Å². The predicted octanol–water partition coefficient (Wildman–Crippen LogP) is 3.94. The SMILES string of the molecule is C[C@@H](c1ccccc1)N(C=S)C(=O)OC(C)(C)C. The van der Waals surface area contributed by atoms with Gasteiger partial charge in [0.25, 0.3) is 0 Å². The summed E-state index contributed by atoms with van der Waals surface area (Å²) in [4.78, 5) is 13.4. The standard InChI is InChI=1S/C14H19NO2S/c1-11(12-8-6-5-7-9-12)15(10-18)13(16)17-14(2,3)4/h5-11H,1-4H3/t11-/m0/s1. The Morgan fingerprint density at radius 3 is 2.33 bits per heavy atom. The van der Waals surface area contributed by atoms with Crippen LogP contribution in [0.3, 0.4) is 0 Å². The number of ether oxygens (including phenoxy) is 1. The highest BCUT2D eigenvalue weighted by Gasteiger charge is 2.25. The van der Waals surface area contributed by atoms with Gasteiger partial charge < -0.3 is 4.74 Å². The lowest BCUT2D eigenvalue weighted by Crippen LogP contribution is -2.37. The lowest BCUT2D eigenvalue weighted by Gasteiger charge is -2.28. The molecule has 0 aliphatic rings. The smallest absolute Gasteiger partial charge is 0.415 e. The summed E-state index contributed by atoms with van der Waals surface area (Å²) >= 11 is 4.92. The summed E-state index contributed by atoms with van der Waals surface area (Å²) in [6.45, 7) is 7.42. The lowest BCUT2D eigenvalue weighted by atomic mass is 10.1. The fraction of sp³-hybridized carbons (Fsp3) is 0.429. The molecule has 0 aromatic heterocycles. The number of rotatable bonds is 3. The Bertz CT molecular complexity index is 412. The minimum absolute atomic E-state index is 0.140. The minimum Gasteiger partial charge on any atom is -0.443 e. The summed E-state index contributed by atoms with van der Waals surface area (Å²) in [5, 5.41) is 0. The zero-order valence-electron chi connectivity index (χ0n) is 11.2. The van der Waals surface area contributed by atoms with Crippen LogP contribution in [0.5, 0.6) is 0 Å². The van der Waals surface area contributed by atoms with E-state index in [1.807, 2.05) is 58.0 Å². The monoisotopic (exact) mass is 265 g/mol. The Kier molecular flexibility index (Phi) is 4.84. The van der Waals surface area contributed by atoms with Crippen LogP contribution in [0, 0.1) is 0 Å². The van der Waals surface area contributed by atoms with Gasteiger partial charge in [0.1, 0.15) is 5.60 Å². The van der Waals surface area contributed by atoms with Gasteiger partial charge in [-0.1, -0.05) is 42.5 Å². The molecule has 0 aliphatic heterocycles. The molecular weight excluding hydrogens is 246 g/mol. The molecule has 3 nitrogen and oxygen atoms in total. The van der Waals surface area contributed by atoms with E-state index in [9.17, 15) is 4.79 Å². The molecule has 0 heterocycles. The number of carbonyl (C=O) groups excluding carboxylic acids is 1. The van der Waals surface area contributed by atoms with Crippen molar-refractivity contribution in [3.8, 4) is 0 Å². The van der Waals surface area contributed by atoms with E-state index in [4.69, 9.17) is 17.0 Å². The maximum Gasteiger partial charge on any atom is 0.415 e. The number of thiocarbonyl (C=S) groups is 1. The van der Waals surface area contributed by atoms with Crippen LogP contribution < -0.4 is 0 Å². The fourth-order valence-corrected chi connectivity index (χ4v) is 1.77. The summed E-state index contributed by atoms with van der Waals surface area (Å²) in [6, 6.07) is 9.58. The molecule has 0 radical (unpaired) electrons. The summed E-state index contributed by atoms with van der Waals surface area (Å²) < 4.78 is 5.32. The zero-order chi connectivity index (χ0) is 13.8. The van der Waals surface area contributed by atoms with Gasteiger partial charge in [-0.2, -0.15) is 0 Å². The number of nitrogens with zero attached hydrogens (tertiary/aromatic N) is 1. The van der Waals surface area contributed by atoms with Crippen molar-refractivity contribution in [1.29, 1.82) is 0 Å². The Labute approximate surface area is 114 Å². The second kappa shape index (κ2) is 5.96. The first-order valence-electron chi connectivity index (χ1n) is 5.86.